The fourth-order valence-corrected chi connectivity index (χ4v) is 1.67. The lowest BCUT2D eigenvalue weighted by molar-refractivity contribution is 0.481. The van der Waals surface area contributed by atoms with Crippen LogP contribution in [0.1, 0.15) is 12.5 Å². The highest BCUT2D eigenvalue weighted by Gasteiger charge is 2.03. The molecule has 0 amide bonds. The number of phenolic OH excluding ortho intramolecular Hbond substituents is 1. The molecule has 0 atom stereocenters. The summed E-state index contributed by atoms with van der Waals surface area (Å²) in [5.41, 5.74) is 2.11. The predicted molar refractivity (Wildman–Crippen MR) is 60.3 cm³/mol. The van der Waals surface area contributed by atoms with Crippen LogP contribution >= 0.6 is 0 Å². The molecule has 0 fully saturated rings. The first-order chi connectivity index (χ1) is 6.70. The third-order valence-corrected chi connectivity index (χ3v) is 2.36. The molecule has 1 nitrogen and oxygen atoms in total. The second-order valence-corrected chi connectivity index (χ2v) is 3.46. The van der Waals surface area contributed by atoms with Gasteiger partial charge in [0, 0.05) is 5.39 Å². The van der Waals surface area contributed by atoms with Gasteiger partial charge in [-0.15, -0.1) is 0 Å². The minimum atomic E-state index is 0.325. The molecule has 0 aromatic heterocycles. The Morgan fingerprint density at radius 3 is 2.43 bits per heavy atom. The van der Waals surface area contributed by atoms with Gasteiger partial charge in [0.05, 0.1) is 0 Å². The second kappa shape index (κ2) is 3.18. The molecule has 0 unspecified atom stereocenters. The Morgan fingerprint density at radius 1 is 1.07 bits per heavy atom. The molecule has 0 heterocycles. The summed E-state index contributed by atoms with van der Waals surface area (Å²) in [4.78, 5) is 0. The van der Waals surface area contributed by atoms with E-state index in [1.54, 1.807) is 6.07 Å². The quantitative estimate of drug-likeness (QED) is 0.718. The van der Waals surface area contributed by atoms with Crippen molar-refractivity contribution in [1.29, 1.82) is 0 Å². The molecule has 0 aliphatic rings. The van der Waals surface area contributed by atoms with E-state index >= 15 is 0 Å². The normalized spacial score (nSPS) is 10.4. The minimum absolute atomic E-state index is 0.325. The Morgan fingerprint density at radius 2 is 1.71 bits per heavy atom. The minimum Gasteiger partial charge on any atom is -0.507 e. The molecule has 2 rings (SSSR count). The van der Waals surface area contributed by atoms with E-state index in [0.29, 0.717) is 5.75 Å². The van der Waals surface area contributed by atoms with Crippen molar-refractivity contribution < 1.29 is 5.11 Å². The zero-order chi connectivity index (χ0) is 10.1. The van der Waals surface area contributed by atoms with E-state index in [-0.39, 0.29) is 0 Å². The van der Waals surface area contributed by atoms with Gasteiger partial charge in [0.2, 0.25) is 0 Å². The van der Waals surface area contributed by atoms with Gasteiger partial charge in [-0.3, -0.25) is 0 Å². The summed E-state index contributed by atoms with van der Waals surface area (Å²) >= 11 is 0. The first-order valence-electron chi connectivity index (χ1n) is 4.57. The van der Waals surface area contributed by atoms with Gasteiger partial charge in [-0.25, -0.2) is 0 Å². The summed E-state index contributed by atoms with van der Waals surface area (Å²) in [5, 5.41) is 11.6. The van der Waals surface area contributed by atoms with Crippen molar-refractivity contribution >= 4 is 16.3 Å². The van der Waals surface area contributed by atoms with Crippen LogP contribution in [0.3, 0.4) is 0 Å². The van der Waals surface area contributed by atoms with Crippen LogP contribution in [-0.2, 0) is 0 Å². The molecule has 0 aliphatic carbocycles. The fraction of sp³-hybridized carbons (Fsp3) is 0.0769. The average molecular weight is 184 g/mol. The highest BCUT2D eigenvalue weighted by Crippen LogP contribution is 2.29. The number of phenols is 1. The van der Waals surface area contributed by atoms with Gasteiger partial charge in [0.25, 0.3) is 0 Å². The third kappa shape index (κ3) is 1.27. The van der Waals surface area contributed by atoms with Crippen molar-refractivity contribution in [3.05, 3.63) is 48.5 Å². The molecule has 0 spiro atoms. The number of rotatable bonds is 1. The van der Waals surface area contributed by atoms with Crippen LogP contribution in [0.5, 0.6) is 5.75 Å². The van der Waals surface area contributed by atoms with Gasteiger partial charge < -0.3 is 5.11 Å². The summed E-state index contributed by atoms with van der Waals surface area (Å²) in [6.45, 7) is 5.89. The van der Waals surface area contributed by atoms with E-state index in [4.69, 9.17) is 0 Å². The number of fused-ring (bicyclic) bond motifs is 1. The summed E-state index contributed by atoms with van der Waals surface area (Å²) in [7, 11) is 0. The van der Waals surface area contributed by atoms with Gasteiger partial charge in [0.15, 0.2) is 0 Å². The van der Waals surface area contributed by atoms with Crippen molar-refractivity contribution in [1.82, 2.24) is 0 Å². The van der Waals surface area contributed by atoms with Crippen molar-refractivity contribution in [2.24, 2.45) is 0 Å². The van der Waals surface area contributed by atoms with Gasteiger partial charge >= 0.3 is 0 Å². The topological polar surface area (TPSA) is 20.2 Å². The number of aromatic hydroxyl groups is 1. The predicted octanol–water partition coefficient (Wildman–Crippen LogP) is 3.58. The van der Waals surface area contributed by atoms with Gasteiger partial charge in [-0.2, -0.15) is 0 Å². The molecule has 0 radical (unpaired) electrons. The Labute approximate surface area is 83.3 Å². The molecule has 2 aromatic carbocycles. The molecular weight excluding hydrogens is 172 g/mol. The molecule has 0 bridgehead atoms. The molecular formula is C13H12O. The van der Waals surface area contributed by atoms with E-state index < -0.39 is 0 Å². The summed E-state index contributed by atoms with van der Waals surface area (Å²) < 4.78 is 0. The van der Waals surface area contributed by atoms with E-state index in [1.807, 2.05) is 37.3 Å². The fourth-order valence-electron chi connectivity index (χ4n) is 1.67. The van der Waals surface area contributed by atoms with E-state index in [0.717, 1.165) is 21.9 Å². The van der Waals surface area contributed by atoms with Crippen LogP contribution in [0.25, 0.3) is 16.3 Å². The molecule has 2 aromatic rings. The number of benzene rings is 2. The Balaban J connectivity index is 2.88. The van der Waals surface area contributed by atoms with Crippen LogP contribution in [0.4, 0.5) is 0 Å². The number of hydrogen-bond acceptors (Lipinski definition) is 1. The summed E-state index contributed by atoms with van der Waals surface area (Å²) in [6, 6.07) is 11.4. The van der Waals surface area contributed by atoms with Gasteiger partial charge in [-0.1, -0.05) is 42.5 Å². The lowest BCUT2D eigenvalue weighted by atomic mass is 10.00. The summed E-state index contributed by atoms with van der Waals surface area (Å²) in [5.74, 6) is 0.325. The van der Waals surface area contributed by atoms with Crippen molar-refractivity contribution in [3.8, 4) is 5.75 Å². The standard InChI is InChI=1S/C13H12O/c1-9(2)10-5-3-7-12-11(10)6-4-8-13(12)14/h3-8,14H,1H2,2H3. The van der Waals surface area contributed by atoms with Crippen molar-refractivity contribution in [2.75, 3.05) is 0 Å². The third-order valence-electron chi connectivity index (χ3n) is 2.36. The highest BCUT2D eigenvalue weighted by atomic mass is 16.3. The Kier molecular flexibility index (Phi) is 2.01. The SMILES string of the molecule is C=C(C)c1cccc2c(O)cccc12. The van der Waals surface area contributed by atoms with Crippen molar-refractivity contribution in [2.45, 2.75) is 6.92 Å². The van der Waals surface area contributed by atoms with Crippen molar-refractivity contribution in [3.63, 3.8) is 0 Å². The van der Waals surface area contributed by atoms with E-state index in [9.17, 15) is 5.11 Å². The highest BCUT2D eigenvalue weighted by molar-refractivity contribution is 5.96. The largest absolute Gasteiger partial charge is 0.507 e. The maximum atomic E-state index is 9.65. The van der Waals surface area contributed by atoms with Gasteiger partial charge in [0.1, 0.15) is 5.75 Å². The molecule has 70 valence electrons. The second-order valence-electron chi connectivity index (χ2n) is 3.46. The van der Waals surface area contributed by atoms with E-state index in [2.05, 4.69) is 6.58 Å². The van der Waals surface area contributed by atoms with Gasteiger partial charge in [-0.05, 0) is 23.9 Å². The van der Waals surface area contributed by atoms with Crippen LogP contribution < -0.4 is 0 Å². The number of allylic oxidation sites excluding steroid dienone is 1. The molecule has 1 N–H and O–H groups in total. The molecule has 0 saturated carbocycles. The van der Waals surface area contributed by atoms with Crippen LogP contribution in [0.2, 0.25) is 0 Å². The lowest BCUT2D eigenvalue weighted by Crippen LogP contribution is -1.81. The molecule has 14 heavy (non-hydrogen) atoms. The first-order valence-corrected chi connectivity index (χ1v) is 4.57. The maximum Gasteiger partial charge on any atom is 0.123 e. The Bertz CT molecular complexity index is 498. The summed E-state index contributed by atoms with van der Waals surface area (Å²) in [6.07, 6.45) is 0. The van der Waals surface area contributed by atoms with Crippen LogP contribution in [-0.4, -0.2) is 5.11 Å². The van der Waals surface area contributed by atoms with Crippen LogP contribution in [0.15, 0.2) is 43.0 Å². The zero-order valence-corrected chi connectivity index (χ0v) is 8.12. The van der Waals surface area contributed by atoms with E-state index in [1.165, 1.54) is 0 Å². The smallest absolute Gasteiger partial charge is 0.123 e. The van der Waals surface area contributed by atoms with Crippen LogP contribution in [0, 0.1) is 0 Å². The molecule has 0 aliphatic heterocycles. The maximum absolute atomic E-state index is 9.65. The lowest BCUT2D eigenvalue weighted by Gasteiger charge is -2.06. The zero-order valence-electron chi connectivity index (χ0n) is 8.12. The molecule has 0 saturated heterocycles. The average Bonchev–Trinajstić information content (AvgIpc) is 2.17. The first kappa shape index (κ1) is 8.82. The monoisotopic (exact) mass is 184 g/mol. The number of hydrogen-bond donors (Lipinski definition) is 1. The Hall–Kier alpha value is -1.76. The molecule has 1 heteroatoms.